The second-order valence-corrected chi connectivity index (χ2v) is 5.49. The van der Waals surface area contributed by atoms with Crippen molar-refractivity contribution in [1.29, 1.82) is 0 Å². The van der Waals surface area contributed by atoms with Crippen LogP contribution in [-0.4, -0.2) is 14.8 Å². The van der Waals surface area contributed by atoms with Crippen molar-refractivity contribution in [2.75, 3.05) is 5.73 Å². The highest BCUT2D eigenvalue weighted by Crippen LogP contribution is 2.40. The van der Waals surface area contributed by atoms with Crippen LogP contribution in [0.3, 0.4) is 0 Å². The van der Waals surface area contributed by atoms with E-state index in [2.05, 4.69) is 22.3 Å². The van der Waals surface area contributed by atoms with E-state index in [9.17, 15) is 0 Å². The smallest absolute Gasteiger partial charge is 0.140 e. The molecule has 19 heavy (non-hydrogen) atoms. The third kappa shape index (κ3) is 2.35. The average Bonchev–Trinajstić information content (AvgIpc) is 3.03. The predicted molar refractivity (Wildman–Crippen MR) is 75.7 cm³/mol. The maximum atomic E-state index is 5.94. The fourth-order valence-electron chi connectivity index (χ4n) is 3.25. The van der Waals surface area contributed by atoms with Gasteiger partial charge in [-0.15, -0.1) is 10.2 Å². The normalized spacial score (nSPS) is 17.7. The molecule has 0 bridgehead atoms. The molecule has 100 valence electrons. The molecule has 1 heterocycles. The lowest BCUT2D eigenvalue weighted by Crippen LogP contribution is -2.16. The highest BCUT2D eigenvalue weighted by molar-refractivity contribution is 5.43. The molecule has 1 fully saturated rings. The number of nitrogen functional groups attached to an aromatic ring is 1. The van der Waals surface area contributed by atoms with Gasteiger partial charge in [0.05, 0.1) is 0 Å². The van der Waals surface area contributed by atoms with E-state index in [-0.39, 0.29) is 0 Å². The second-order valence-electron chi connectivity index (χ2n) is 5.49. The van der Waals surface area contributed by atoms with E-state index in [4.69, 9.17) is 5.73 Å². The van der Waals surface area contributed by atoms with Gasteiger partial charge in [0.1, 0.15) is 12.2 Å². The van der Waals surface area contributed by atoms with Gasteiger partial charge < -0.3 is 10.3 Å². The minimum absolute atomic E-state index is 0.318. The SMILES string of the molecule is Cn1cnnc1[C@@H](c1cccc(N)c1)C1CCCC1. The molecule has 2 N–H and O–H groups in total. The maximum absolute atomic E-state index is 5.94. The Hall–Kier alpha value is -1.84. The lowest BCUT2D eigenvalue weighted by atomic mass is 9.84. The van der Waals surface area contributed by atoms with Crippen molar-refractivity contribution in [2.24, 2.45) is 13.0 Å². The van der Waals surface area contributed by atoms with Crippen molar-refractivity contribution in [3.05, 3.63) is 42.0 Å². The zero-order valence-corrected chi connectivity index (χ0v) is 11.3. The van der Waals surface area contributed by atoms with Crippen molar-refractivity contribution in [2.45, 2.75) is 31.6 Å². The van der Waals surface area contributed by atoms with Gasteiger partial charge in [-0.05, 0) is 36.5 Å². The minimum Gasteiger partial charge on any atom is -0.399 e. The van der Waals surface area contributed by atoms with Crippen LogP contribution < -0.4 is 5.73 Å². The van der Waals surface area contributed by atoms with E-state index < -0.39 is 0 Å². The molecule has 2 aromatic rings. The molecule has 0 saturated heterocycles. The molecule has 1 aliphatic carbocycles. The van der Waals surface area contributed by atoms with E-state index in [0.29, 0.717) is 11.8 Å². The molecule has 1 aromatic carbocycles. The Morgan fingerprint density at radius 3 is 2.74 bits per heavy atom. The van der Waals surface area contributed by atoms with Crippen molar-refractivity contribution >= 4 is 5.69 Å². The summed E-state index contributed by atoms with van der Waals surface area (Å²) < 4.78 is 2.03. The molecule has 0 aliphatic heterocycles. The standard InChI is InChI=1S/C15H20N4/c1-19-10-17-18-15(19)14(11-5-2-3-6-11)12-7-4-8-13(16)9-12/h4,7-11,14H,2-3,5-6,16H2,1H3/t14-/m1/s1. The number of aromatic nitrogens is 3. The number of nitrogens with two attached hydrogens (primary N) is 1. The third-order valence-corrected chi connectivity index (χ3v) is 4.17. The van der Waals surface area contributed by atoms with E-state index in [1.54, 1.807) is 6.33 Å². The number of anilines is 1. The van der Waals surface area contributed by atoms with E-state index in [1.807, 2.05) is 23.7 Å². The minimum atomic E-state index is 0.318. The Balaban J connectivity index is 2.03. The van der Waals surface area contributed by atoms with Crippen molar-refractivity contribution in [3.63, 3.8) is 0 Å². The highest BCUT2D eigenvalue weighted by Gasteiger charge is 2.30. The van der Waals surface area contributed by atoms with Crippen molar-refractivity contribution in [3.8, 4) is 0 Å². The maximum Gasteiger partial charge on any atom is 0.140 e. The lowest BCUT2D eigenvalue weighted by molar-refractivity contribution is 0.457. The Morgan fingerprint density at radius 1 is 1.32 bits per heavy atom. The molecule has 0 radical (unpaired) electrons. The number of aryl methyl sites for hydroxylation is 1. The number of benzene rings is 1. The monoisotopic (exact) mass is 256 g/mol. The molecular weight excluding hydrogens is 236 g/mol. The fourth-order valence-corrected chi connectivity index (χ4v) is 3.25. The van der Waals surface area contributed by atoms with Crippen molar-refractivity contribution in [1.82, 2.24) is 14.8 Å². The molecule has 1 atom stereocenters. The van der Waals surface area contributed by atoms with Gasteiger partial charge in [0.2, 0.25) is 0 Å². The molecule has 3 rings (SSSR count). The quantitative estimate of drug-likeness (QED) is 0.859. The Kier molecular flexibility index (Phi) is 3.23. The Bertz CT molecular complexity index is 555. The lowest BCUT2D eigenvalue weighted by Gasteiger charge is -2.23. The molecule has 1 aliphatic rings. The van der Waals surface area contributed by atoms with Crippen LogP contribution >= 0.6 is 0 Å². The highest BCUT2D eigenvalue weighted by atomic mass is 15.2. The third-order valence-electron chi connectivity index (χ3n) is 4.17. The molecule has 4 heteroatoms. The van der Waals surface area contributed by atoms with Gasteiger partial charge in [-0.1, -0.05) is 25.0 Å². The molecule has 1 saturated carbocycles. The number of hydrogen-bond acceptors (Lipinski definition) is 3. The first kappa shape index (κ1) is 12.2. The number of rotatable bonds is 3. The van der Waals surface area contributed by atoms with Crippen LogP contribution in [0, 0.1) is 5.92 Å². The van der Waals surface area contributed by atoms with Crippen molar-refractivity contribution < 1.29 is 0 Å². The van der Waals surface area contributed by atoms with Gasteiger partial charge in [0.25, 0.3) is 0 Å². The first-order valence-electron chi connectivity index (χ1n) is 6.95. The van der Waals surface area contributed by atoms with Crippen LogP contribution in [-0.2, 0) is 7.05 Å². The summed E-state index contributed by atoms with van der Waals surface area (Å²) in [5.41, 5.74) is 8.03. The van der Waals surface area contributed by atoms with Crippen LogP contribution in [0.5, 0.6) is 0 Å². The van der Waals surface area contributed by atoms with Gasteiger partial charge >= 0.3 is 0 Å². The van der Waals surface area contributed by atoms with Crippen LogP contribution in [0.1, 0.15) is 43.0 Å². The first-order chi connectivity index (χ1) is 9.25. The number of hydrogen-bond donors (Lipinski definition) is 1. The summed E-state index contributed by atoms with van der Waals surface area (Å²) in [5, 5.41) is 8.38. The summed E-state index contributed by atoms with van der Waals surface area (Å²) in [6.45, 7) is 0. The summed E-state index contributed by atoms with van der Waals surface area (Å²) in [5.74, 6) is 2.03. The first-order valence-corrected chi connectivity index (χ1v) is 6.95. The van der Waals surface area contributed by atoms with Gasteiger partial charge in [0.15, 0.2) is 0 Å². The molecule has 0 amide bonds. The van der Waals surface area contributed by atoms with Gasteiger partial charge in [0, 0.05) is 18.7 Å². The molecule has 1 aromatic heterocycles. The van der Waals surface area contributed by atoms with E-state index in [0.717, 1.165) is 11.5 Å². The van der Waals surface area contributed by atoms with Crippen LogP contribution in [0.25, 0.3) is 0 Å². The van der Waals surface area contributed by atoms with E-state index in [1.165, 1.54) is 31.2 Å². The Labute approximate surface area is 113 Å². The van der Waals surface area contributed by atoms with E-state index >= 15 is 0 Å². The second kappa shape index (κ2) is 5.03. The summed E-state index contributed by atoms with van der Waals surface area (Å²) in [6, 6.07) is 8.21. The molecular formula is C15H20N4. The Morgan fingerprint density at radius 2 is 2.11 bits per heavy atom. The van der Waals surface area contributed by atoms with Gasteiger partial charge in [-0.3, -0.25) is 0 Å². The molecule has 0 spiro atoms. The number of nitrogens with zero attached hydrogens (tertiary/aromatic N) is 3. The van der Waals surface area contributed by atoms with Gasteiger partial charge in [-0.2, -0.15) is 0 Å². The zero-order chi connectivity index (χ0) is 13.2. The summed E-state index contributed by atoms with van der Waals surface area (Å²) in [4.78, 5) is 0. The summed E-state index contributed by atoms with van der Waals surface area (Å²) in [6.07, 6.45) is 6.96. The van der Waals surface area contributed by atoms with Crippen LogP contribution in [0.2, 0.25) is 0 Å². The fraction of sp³-hybridized carbons (Fsp3) is 0.467. The summed E-state index contributed by atoms with van der Waals surface area (Å²) in [7, 11) is 2.02. The van der Waals surface area contributed by atoms with Gasteiger partial charge in [-0.25, -0.2) is 0 Å². The zero-order valence-electron chi connectivity index (χ0n) is 11.3. The van der Waals surface area contributed by atoms with Crippen LogP contribution in [0.4, 0.5) is 5.69 Å². The molecule has 4 nitrogen and oxygen atoms in total. The molecule has 0 unspecified atom stereocenters. The topological polar surface area (TPSA) is 56.7 Å². The largest absolute Gasteiger partial charge is 0.399 e. The average molecular weight is 256 g/mol. The predicted octanol–water partition coefficient (Wildman–Crippen LogP) is 2.72. The summed E-state index contributed by atoms with van der Waals surface area (Å²) >= 11 is 0. The van der Waals surface area contributed by atoms with Crippen LogP contribution in [0.15, 0.2) is 30.6 Å².